The molecule has 0 amide bonds. The molecule has 1 aliphatic rings. The Morgan fingerprint density at radius 2 is 2.12 bits per heavy atom. The van der Waals surface area contributed by atoms with Gasteiger partial charge in [0.25, 0.3) is 0 Å². The molecule has 3 aromatic rings. The molecule has 2 aromatic heterocycles. The van der Waals surface area contributed by atoms with Gasteiger partial charge in [-0.1, -0.05) is 23.4 Å². The maximum atomic E-state index is 13.9. The summed E-state index contributed by atoms with van der Waals surface area (Å²) in [5, 5.41) is 3.87. The zero-order valence-electron chi connectivity index (χ0n) is 17.3. The fraction of sp³-hybridized carbons (Fsp3) is 0.227. The van der Waals surface area contributed by atoms with E-state index in [0.717, 1.165) is 12.8 Å². The molecular weight excluding hydrogens is 415 g/mol. The van der Waals surface area contributed by atoms with E-state index in [9.17, 15) is 9.18 Å². The Labute approximate surface area is 183 Å². The van der Waals surface area contributed by atoms with Gasteiger partial charge in [-0.3, -0.25) is 9.79 Å². The Bertz CT molecular complexity index is 1200. The summed E-state index contributed by atoms with van der Waals surface area (Å²) in [7, 11) is 0. The molecule has 0 unspecified atom stereocenters. The molecule has 4 N–H and O–H groups in total. The van der Waals surface area contributed by atoms with E-state index in [1.807, 2.05) is 6.92 Å². The van der Waals surface area contributed by atoms with Gasteiger partial charge < -0.3 is 20.7 Å². The standard InChI is InChI=1S/C22H21FN6O3/c1-22(7-8-22)21(30)32-18-12-27-20(28-19(18)25)15(24)10-17(16-6-9-31-29-16)26-11-13-4-2-3-5-14(13)23/h2-6,9-10,12H,7-8,11,24H2,1H3,(H2,25,27,28)/b15-10-,26-17?. The molecule has 0 saturated heterocycles. The van der Waals surface area contributed by atoms with Crippen LogP contribution in [0.15, 0.2) is 58.4 Å². The number of hydrogen-bond acceptors (Lipinski definition) is 9. The first-order valence-electron chi connectivity index (χ1n) is 9.87. The quantitative estimate of drug-likeness (QED) is 0.425. The highest BCUT2D eigenvalue weighted by Crippen LogP contribution is 2.46. The summed E-state index contributed by atoms with van der Waals surface area (Å²) in [5.41, 5.74) is 12.9. The molecule has 1 saturated carbocycles. The van der Waals surface area contributed by atoms with Crippen molar-refractivity contribution < 1.29 is 18.4 Å². The van der Waals surface area contributed by atoms with Gasteiger partial charge in [0.15, 0.2) is 17.4 Å². The molecule has 0 radical (unpaired) electrons. The van der Waals surface area contributed by atoms with E-state index >= 15 is 0 Å². The predicted molar refractivity (Wildman–Crippen MR) is 115 cm³/mol. The van der Waals surface area contributed by atoms with Gasteiger partial charge in [0.05, 0.1) is 29.6 Å². The van der Waals surface area contributed by atoms with Crippen molar-refractivity contribution in [3.8, 4) is 5.75 Å². The van der Waals surface area contributed by atoms with Crippen LogP contribution in [0.3, 0.4) is 0 Å². The average molecular weight is 436 g/mol. The van der Waals surface area contributed by atoms with Gasteiger partial charge in [0.1, 0.15) is 17.8 Å². The van der Waals surface area contributed by atoms with Crippen molar-refractivity contribution >= 4 is 23.2 Å². The maximum Gasteiger partial charge on any atom is 0.317 e. The summed E-state index contributed by atoms with van der Waals surface area (Å²) in [5.74, 6) is -0.562. The third kappa shape index (κ3) is 4.64. The lowest BCUT2D eigenvalue weighted by Crippen LogP contribution is -2.20. The van der Waals surface area contributed by atoms with Crippen molar-refractivity contribution in [2.24, 2.45) is 16.1 Å². The molecule has 4 rings (SSSR count). The summed E-state index contributed by atoms with van der Waals surface area (Å²) < 4.78 is 24.1. The molecule has 10 heteroatoms. The zero-order valence-corrected chi connectivity index (χ0v) is 17.3. The van der Waals surface area contributed by atoms with E-state index in [0.29, 0.717) is 17.0 Å². The van der Waals surface area contributed by atoms with Crippen LogP contribution >= 0.6 is 0 Å². The Hall–Kier alpha value is -4.08. The fourth-order valence-electron chi connectivity index (χ4n) is 2.77. The molecule has 32 heavy (non-hydrogen) atoms. The van der Waals surface area contributed by atoms with Crippen LogP contribution in [-0.4, -0.2) is 26.8 Å². The molecule has 1 aromatic carbocycles. The zero-order chi connectivity index (χ0) is 22.7. The number of ether oxygens (including phenoxy) is 1. The van der Waals surface area contributed by atoms with Crippen LogP contribution in [0.25, 0.3) is 5.70 Å². The van der Waals surface area contributed by atoms with E-state index in [4.69, 9.17) is 20.7 Å². The molecule has 0 spiro atoms. The highest BCUT2D eigenvalue weighted by molar-refractivity contribution is 6.10. The highest BCUT2D eigenvalue weighted by atomic mass is 19.1. The van der Waals surface area contributed by atoms with E-state index in [-0.39, 0.29) is 41.4 Å². The van der Waals surface area contributed by atoms with Crippen molar-refractivity contribution in [2.75, 3.05) is 5.73 Å². The summed E-state index contributed by atoms with van der Waals surface area (Å²) in [4.78, 5) is 24.8. The number of carbonyl (C=O) groups is 1. The lowest BCUT2D eigenvalue weighted by atomic mass is 10.1. The van der Waals surface area contributed by atoms with Crippen molar-refractivity contribution in [1.82, 2.24) is 15.1 Å². The van der Waals surface area contributed by atoms with Crippen LogP contribution in [0, 0.1) is 11.2 Å². The van der Waals surface area contributed by atoms with Gasteiger partial charge in [-0.25, -0.2) is 14.4 Å². The smallest absolute Gasteiger partial charge is 0.317 e. The minimum absolute atomic E-state index is 0.0183. The summed E-state index contributed by atoms with van der Waals surface area (Å²) in [6, 6.07) is 7.92. The summed E-state index contributed by atoms with van der Waals surface area (Å²) in [6.45, 7) is 1.89. The maximum absolute atomic E-state index is 13.9. The van der Waals surface area contributed by atoms with E-state index in [2.05, 4.69) is 20.1 Å². The van der Waals surface area contributed by atoms with Crippen LogP contribution < -0.4 is 16.2 Å². The van der Waals surface area contributed by atoms with Gasteiger partial charge in [-0.05, 0) is 31.9 Å². The number of nitrogens with two attached hydrogens (primary N) is 2. The average Bonchev–Trinajstić information content (AvgIpc) is 3.30. The Morgan fingerprint density at radius 3 is 2.78 bits per heavy atom. The molecule has 0 aliphatic heterocycles. The van der Waals surface area contributed by atoms with Crippen LogP contribution in [0.5, 0.6) is 5.75 Å². The van der Waals surface area contributed by atoms with Crippen LogP contribution in [-0.2, 0) is 11.3 Å². The second-order valence-electron chi connectivity index (χ2n) is 7.67. The third-order valence-electron chi connectivity index (χ3n) is 5.11. The third-order valence-corrected chi connectivity index (χ3v) is 5.11. The molecule has 1 aliphatic carbocycles. The van der Waals surface area contributed by atoms with Crippen LogP contribution in [0.4, 0.5) is 10.2 Å². The molecule has 2 heterocycles. The predicted octanol–water partition coefficient (Wildman–Crippen LogP) is 2.88. The number of rotatable bonds is 7. The molecule has 0 atom stereocenters. The summed E-state index contributed by atoms with van der Waals surface area (Å²) >= 11 is 0. The Balaban J connectivity index is 1.58. The van der Waals surface area contributed by atoms with Crippen molar-refractivity contribution in [2.45, 2.75) is 26.3 Å². The molecule has 164 valence electrons. The van der Waals surface area contributed by atoms with Gasteiger partial charge in [0.2, 0.25) is 0 Å². The van der Waals surface area contributed by atoms with E-state index in [1.165, 1.54) is 24.6 Å². The molecular formula is C22H21FN6O3. The van der Waals surface area contributed by atoms with Gasteiger partial charge in [-0.15, -0.1) is 0 Å². The number of anilines is 1. The largest absolute Gasteiger partial charge is 0.420 e. The number of halogens is 1. The van der Waals surface area contributed by atoms with Crippen LogP contribution in [0.2, 0.25) is 0 Å². The minimum atomic E-state index is -0.467. The molecule has 9 nitrogen and oxygen atoms in total. The first-order chi connectivity index (χ1) is 15.4. The number of carbonyl (C=O) groups excluding carboxylic acids is 1. The lowest BCUT2D eigenvalue weighted by Gasteiger charge is -2.10. The normalized spacial score (nSPS) is 15.4. The SMILES string of the molecule is CC1(C(=O)Oc2cnc(/C(N)=C/C(=NCc3ccccc3F)c3ccon3)nc2N)CC1. The number of benzene rings is 1. The van der Waals surface area contributed by atoms with Crippen molar-refractivity contribution in [3.05, 3.63) is 71.8 Å². The number of aliphatic imine (C=N–C) groups is 1. The number of nitrogen functional groups attached to an aromatic ring is 1. The van der Waals surface area contributed by atoms with Gasteiger partial charge >= 0.3 is 5.97 Å². The monoisotopic (exact) mass is 436 g/mol. The highest BCUT2D eigenvalue weighted by Gasteiger charge is 2.47. The van der Waals surface area contributed by atoms with Gasteiger partial charge in [-0.2, -0.15) is 0 Å². The topological polar surface area (TPSA) is 143 Å². The summed E-state index contributed by atoms with van der Waals surface area (Å²) in [6.07, 6.45) is 5.73. The minimum Gasteiger partial charge on any atom is -0.420 e. The first-order valence-corrected chi connectivity index (χ1v) is 9.87. The second kappa shape index (κ2) is 8.58. The van der Waals surface area contributed by atoms with Crippen LogP contribution in [0.1, 0.15) is 36.8 Å². The Morgan fingerprint density at radius 1 is 1.34 bits per heavy atom. The first kappa shape index (κ1) is 21.2. The molecule has 0 bridgehead atoms. The number of aromatic nitrogens is 3. The fourth-order valence-corrected chi connectivity index (χ4v) is 2.77. The number of hydrogen-bond donors (Lipinski definition) is 2. The van der Waals surface area contributed by atoms with E-state index in [1.54, 1.807) is 24.3 Å². The van der Waals surface area contributed by atoms with E-state index < -0.39 is 5.41 Å². The van der Waals surface area contributed by atoms with Gasteiger partial charge in [0, 0.05) is 11.6 Å². The second-order valence-corrected chi connectivity index (χ2v) is 7.67. The lowest BCUT2D eigenvalue weighted by molar-refractivity contribution is -0.139. The number of esters is 1. The Kier molecular flexibility index (Phi) is 5.67. The molecule has 1 fully saturated rings. The van der Waals surface area contributed by atoms with Crippen molar-refractivity contribution in [3.63, 3.8) is 0 Å². The van der Waals surface area contributed by atoms with Crippen molar-refractivity contribution in [1.29, 1.82) is 0 Å². The number of nitrogens with zero attached hydrogens (tertiary/aromatic N) is 4. The number of allylic oxidation sites excluding steroid dienone is 1.